The van der Waals surface area contributed by atoms with Crippen LogP contribution >= 0.6 is 15.9 Å². The number of nitrogens with one attached hydrogen (secondary N) is 1. The third-order valence-corrected chi connectivity index (χ3v) is 4.34. The van der Waals surface area contributed by atoms with Crippen LogP contribution in [-0.2, 0) is 12.8 Å². The normalized spacial score (nSPS) is 14.6. The van der Waals surface area contributed by atoms with E-state index in [2.05, 4.69) is 33.4 Å². The molecule has 0 spiro atoms. The van der Waals surface area contributed by atoms with Crippen molar-refractivity contribution < 1.29 is 9.13 Å². The van der Waals surface area contributed by atoms with Gasteiger partial charge in [-0.2, -0.15) is 0 Å². The number of halogens is 2. The maximum Gasteiger partial charge on any atom is 0.127 e. The van der Waals surface area contributed by atoms with Gasteiger partial charge >= 0.3 is 0 Å². The molecule has 0 aliphatic carbocycles. The van der Waals surface area contributed by atoms with Gasteiger partial charge < -0.3 is 10.1 Å². The zero-order chi connectivity index (χ0) is 14.8. The second kappa shape index (κ2) is 6.16. The maximum atomic E-state index is 14.0. The number of likely N-dealkylation sites (N-methyl/N-ethyl adjacent to an activating group) is 1. The lowest BCUT2D eigenvalue weighted by Crippen LogP contribution is -2.20. The van der Waals surface area contributed by atoms with E-state index >= 15 is 0 Å². The first-order valence-electron chi connectivity index (χ1n) is 7.05. The van der Waals surface area contributed by atoms with Crippen LogP contribution in [0.3, 0.4) is 0 Å². The van der Waals surface area contributed by atoms with Crippen molar-refractivity contribution in [3.05, 3.63) is 63.4 Å². The Bertz CT molecular complexity index is 659. The molecule has 0 fully saturated rings. The summed E-state index contributed by atoms with van der Waals surface area (Å²) < 4.78 is 20.8. The highest BCUT2D eigenvalue weighted by Gasteiger charge is 2.21. The molecule has 1 atom stereocenters. The van der Waals surface area contributed by atoms with Gasteiger partial charge in [0.25, 0.3) is 0 Å². The van der Waals surface area contributed by atoms with Gasteiger partial charge in [-0.15, -0.1) is 0 Å². The number of ether oxygens (including phenoxy) is 1. The molecule has 2 aromatic carbocycles. The highest BCUT2D eigenvalue weighted by Crippen LogP contribution is 2.35. The summed E-state index contributed by atoms with van der Waals surface area (Å²) in [5, 5.41) is 3.21. The molecule has 1 unspecified atom stereocenters. The molecule has 0 bridgehead atoms. The first-order chi connectivity index (χ1) is 10.2. The Hall–Kier alpha value is -1.39. The van der Waals surface area contributed by atoms with Gasteiger partial charge in [0.05, 0.1) is 6.61 Å². The van der Waals surface area contributed by atoms with E-state index in [1.165, 1.54) is 11.6 Å². The quantitative estimate of drug-likeness (QED) is 0.899. The van der Waals surface area contributed by atoms with Crippen molar-refractivity contribution in [1.29, 1.82) is 0 Å². The summed E-state index contributed by atoms with van der Waals surface area (Å²) in [4.78, 5) is 0. The average molecular weight is 350 g/mol. The van der Waals surface area contributed by atoms with Crippen LogP contribution in [0.1, 0.15) is 22.7 Å². The molecule has 3 rings (SSSR count). The van der Waals surface area contributed by atoms with Gasteiger partial charge in [-0.05, 0) is 42.8 Å². The molecule has 1 heterocycles. The van der Waals surface area contributed by atoms with Crippen LogP contribution in [0, 0.1) is 5.82 Å². The Labute approximate surface area is 132 Å². The molecule has 0 aromatic heterocycles. The maximum absolute atomic E-state index is 14.0. The van der Waals surface area contributed by atoms with E-state index in [1.54, 1.807) is 6.07 Å². The summed E-state index contributed by atoms with van der Waals surface area (Å²) in [6.45, 7) is 0.725. The largest absolute Gasteiger partial charge is 0.493 e. The minimum absolute atomic E-state index is 0.0752. The van der Waals surface area contributed by atoms with Crippen molar-refractivity contribution >= 4 is 15.9 Å². The summed E-state index contributed by atoms with van der Waals surface area (Å²) in [6, 6.07) is 11.0. The summed E-state index contributed by atoms with van der Waals surface area (Å²) in [5.41, 5.74) is 3.02. The Balaban J connectivity index is 1.94. The van der Waals surface area contributed by atoms with Gasteiger partial charge in [0, 0.05) is 22.5 Å². The van der Waals surface area contributed by atoms with Crippen molar-refractivity contribution in [3.8, 4) is 5.75 Å². The minimum Gasteiger partial charge on any atom is -0.493 e. The van der Waals surface area contributed by atoms with Crippen molar-refractivity contribution in [2.24, 2.45) is 0 Å². The SMILES string of the molecule is CNC(Cc1cc(Br)cc2c1OCC2)c1ccccc1F. The van der Waals surface area contributed by atoms with Crippen LogP contribution in [0.2, 0.25) is 0 Å². The predicted octanol–water partition coefficient (Wildman–Crippen LogP) is 4.03. The van der Waals surface area contributed by atoms with Crippen LogP contribution < -0.4 is 10.1 Å². The van der Waals surface area contributed by atoms with E-state index in [9.17, 15) is 4.39 Å². The minimum atomic E-state index is -0.176. The zero-order valence-electron chi connectivity index (χ0n) is 11.8. The van der Waals surface area contributed by atoms with Gasteiger partial charge in [-0.3, -0.25) is 0 Å². The molecule has 4 heteroatoms. The molecular weight excluding hydrogens is 333 g/mol. The molecule has 1 N–H and O–H groups in total. The number of rotatable bonds is 4. The van der Waals surface area contributed by atoms with Crippen LogP contribution in [-0.4, -0.2) is 13.7 Å². The lowest BCUT2D eigenvalue weighted by Gasteiger charge is -2.19. The summed E-state index contributed by atoms with van der Waals surface area (Å²) in [7, 11) is 1.86. The molecule has 1 aliphatic heterocycles. The molecule has 1 aliphatic rings. The van der Waals surface area contributed by atoms with E-state index in [0.29, 0.717) is 12.0 Å². The molecule has 0 amide bonds. The molecular formula is C17H17BrFNO. The second-order valence-corrected chi connectivity index (χ2v) is 6.13. The van der Waals surface area contributed by atoms with Crippen molar-refractivity contribution in [3.63, 3.8) is 0 Å². The van der Waals surface area contributed by atoms with Crippen molar-refractivity contribution in [2.45, 2.75) is 18.9 Å². The van der Waals surface area contributed by atoms with Crippen LogP contribution in [0.4, 0.5) is 4.39 Å². The summed E-state index contributed by atoms with van der Waals surface area (Å²) >= 11 is 3.55. The number of hydrogen-bond acceptors (Lipinski definition) is 2. The first-order valence-corrected chi connectivity index (χ1v) is 7.84. The highest BCUT2D eigenvalue weighted by atomic mass is 79.9. The van der Waals surface area contributed by atoms with E-state index in [1.807, 2.05) is 19.2 Å². The number of hydrogen-bond donors (Lipinski definition) is 1. The molecule has 21 heavy (non-hydrogen) atoms. The Kier molecular flexibility index (Phi) is 4.27. The lowest BCUT2D eigenvalue weighted by molar-refractivity contribution is 0.351. The predicted molar refractivity (Wildman–Crippen MR) is 85.2 cm³/mol. The standard InChI is InChI=1S/C17H17BrFNO/c1-20-16(14-4-2-3-5-15(14)19)10-12-9-13(18)8-11-6-7-21-17(11)12/h2-5,8-9,16,20H,6-7,10H2,1H3. The fraction of sp³-hybridized carbons (Fsp3) is 0.294. The number of benzene rings is 2. The van der Waals surface area contributed by atoms with Crippen molar-refractivity contribution in [2.75, 3.05) is 13.7 Å². The summed E-state index contributed by atoms with van der Waals surface area (Å²) in [6.07, 6.45) is 1.63. The van der Waals surface area contributed by atoms with Crippen LogP contribution in [0.15, 0.2) is 40.9 Å². The van der Waals surface area contributed by atoms with Gasteiger partial charge in [0.1, 0.15) is 11.6 Å². The first kappa shape index (κ1) is 14.5. The summed E-state index contributed by atoms with van der Waals surface area (Å²) in [5.74, 6) is 0.791. The van der Waals surface area contributed by atoms with Gasteiger partial charge in [0.2, 0.25) is 0 Å². The van der Waals surface area contributed by atoms with Crippen LogP contribution in [0.5, 0.6) is 5.75 Å². The molecule has 0 radical (unpaired) electrons. The Morgan fingerprint density at radius 2 is 2.14 bits per heavy atom. The van der Waals surface area contributed by atoms with E-state index in [4.69, 9.17) is 4.74 Å². The van der Waals surface area contributed by atoms with Gasteiger partial charge in [0.15, 0.2) is 0 Å². The smallest absolute Gasteiger partial charge is 0.127 e. The fourth-order valence-electron chi connectivity index (χ4n) is 2.84. The van der Waals surface area contributed by atoms with E-state index < -0.39 is 0 Å². The van der Waals surface area contributed by atoms with Gasteiger partial charge in [-0.1, -0.05) is 34.1 Å². The zero-order valence-corrected chi connectivity index (χ0v) is 13.4. The number of fused-ring (bicyclic) bond motifs is 1. The van der Waals surface area contributed by atoms with Crippen LogP contribution in [0.25, 0.3) is 0 Å². The van der Waals surface area contributed by atoms with Gasteiger partial charge in [-0.25, -0.2) is 4.39 Å². The fourth-order valence-corrected chi connectivity index (χ4v) is 3.40. The Morgan fingerprint density at radius 1 is 1.33 bits per heavy atom. The topological polar surface area (TPSA) is 21.3 Å². The molecule has 2 aromatic rings. The molecule has 110 valence electrons. The third kappa shape index (κ3) is 2.97. The lowest BCUT2D eigenvalue weighted by atomic mass is 9.96. The third-order valence-electron chi connectivity index (χ3n) is 3.88. The van der Waals surface area contributed by atoms with E-state index in [-0.39, 0.29) is 11.9 Å². The van der Waals surface area contributed by atoms with E-state index in [0.717, 1.165) is 28.8 Å². The average Bonchev–Trinajstić information content (AvgIpc) is 2.93. The molecule has 0 saturated heterocycles. The second-order valence-electron chi connectivity index (χ2n) is 5.22. The molecule has 2 nitrogen and oxygen atoms in total. The highest BCUT2D eigenvalue weighted by molar-refractivity contribution is 9.10. The Morgan fingerprint density at radius 3 is 2.90 bits per heavy atom. The monoisotopic (exact) mass is 349 g/mol. The molecule has 0 saturated carbocycles. The van der Waals surface area contributed by atoms with Crippen molar-refractivity contribution in [1.82, 2.24) is 5.32 Å².